The van der Waals surface area contributed by atoms with Gasteiger partial charge in [-0.05, 0) is 29.9 Å². The molecule has 3 N–H and O–H groups in total. The lowest BCUT2D eigenvalue weighted by Crippen LogP contribution is -2.48. The van der Waals surface area contributed by atoms with Crippen molar-refractivity contribution in [1.29, 1.82) is 0 Å². The minimum absolute atomic E-state index is 0.261. The van der Waals surface area contributed by atoms with Crippen LogP contribution >= 0.6 is 11.8 Å². The molecule has 1 amide bonds. The number of benzene rings is 1. The lowest BCUT2D eigenvalue weighted by Gasteiger charge is -2.33. The van der Waals surface area contributed by atoms with Gasteiger partial charge in [-0.2, -0.15) is 0 Å². The Hall–Kier alpha value is -1.04. The number of rotatable bonds is 7. The summed E-state index contributed by atoms with van der Waals surface area (Å²) in [6, 6.07) is 8.00. The second kappa shape index (κ2) is 8.41. The van der Waals surface area contributed by atoms with Gasteiger partial charge in [-0.25, -0.2) is 0 Å². The van der Waals surface area contributed by atoms with Crippen LogP contribution in [0.3, 0.4) is 0 Å². The van der Waals surface area contributed by atoms with E-state index < -0.39 is 0 Å². The van der Waals surface area contributed by atoms with Crippen LogP contribution in [0.2, 0.25) is 0 Å². The van der Waals surface area contributed by atoms with Crippen molar-refractivity contribution in [2.24, 2.45) is 5.73 Å². The SMILES string of the molecule is CCCCSc1ccc(C(C(N)=O)N2CCNCC2)cc1. The van der Waals surface area contributed by atoms with E-state index in [9.17, 15) is 4.79 Å². The van der Waals surface area contributed by atoms with Gasteiger partial charge in [0.1, 0.15) is 6.04 Å². The third-order valence-corrected chi connectivity index (χ3v) is 4.85. The first-order valence-electron chi connectivity index (χ1n) is 7.69. The smallest absolute Gasteiger partial charge is 0.239 e. The fourth-order valence-corrected chi connectivity index (χ4v) is 3.57. The van der Waals surface area contributed by atoms with Gasteiger partial charge >= 0.3 is 0 Å². The highest BCUT2D eigenvalue weighted by Crippen LogP contribution is 2.25. The Bertz CT molecular complexity index is 443. The molecule has 0 aromatic heterocycles. The van der Waals surface area contributed by atoms with Gasteiger partial charge in [-0.15, -0.1) is 11.8 Å². The number of carbonyl (C=O) groups excluding carboxylic acids is 1. The van der Waals surface area contributed by atoms with Crippen molar-refractivity contribution in [3.05, 3.63) is 29.8 Å². The highest BCUT2D eigenvalue weighted by molar-refractivity contribution is 7.99. The third-order valence-electron chi connectivity index (χ3n) is 3.75. The summed E-state index contributed by atoms with van der Waals surface area (Å²) in [7, 11) is 0. The number of amides is 1. The molecule has 0 bridgehead atoms. The van der Waals surface area contributed by atoms with Crippen LogP contribution < -0.4 is 11.1 Å². The predicted molar refractivity (Wildman–Crippen MR) is 88.5 cm³/mol. The summed E-state index contributed by atoms with van der Waals surface area (Å²) in [4.78, 5) is 15.3. The molecule has 116 valence electrons. The van der Waals surface area contributed by atoms with E-state index >= 15 is 0 Å². The van der Waals surface area contributed by atoms with Crippen molar-refractivity contribution in [3.8, 4) is 0 Å². The van der Waals surface area contributed by atoms with E-state index in [0.717, 1.165) is 37.5 Å². The monoisotopic (exact) mass is 307 g/mol. The van der Waals surface area contributed by atoms with Crippen LogP contribution in [0.4, 0.5) is 0 Å². The standard InChI is InChI=1S/C16H25N3OS/c1-2-3-12-21-14-6-4-13(5-7-14)15(16(17)20)19-10-8-18-9-11-19/h4-7,15,18H,2-3,8-12H2,1H3,(H2,17,20). The van der Waals surface area contributed by atoms with Crippen molar-refractivity contribution in [1.82, 2.24) is 10.2 Å². The zero-order chi connectivity index (χ0) is 15.1. The molecule has 1 aromatic rings. The van der Waals surface area contributed by atoms with Crippen LogP contribution in [-0.4, -0.2) is 42.7 Å². The van der Waals surface area contributed by atoms with Gasteiger partial charge in [0.05, 0.1) is 0 Å². The van der Waals surface area contributed by atoms with Gasteiger partial charge in [0.15, 0.2) is 0 Å². The zero-order valence-electron chi connectivity index (χ0n) is 12.7. The summed E-state index contributed by atoms with van der Waals surface area (Å²) in [5.41, 5.74) is 6.63. The fourth-order valence-electron chi connectivity index (χ4n) is 2.58. The number of thioether (sulfide) groups is 1. The van der Waals surface area contributed by atoms with Gasteiger partial charge in [0.2, 0.25) is 5.91 Å². The molecule has 21 heavy (non-hydrogen) atoms. The molecule has 0 radical (unpaired) electrons. The molecule has 1 unspecified atom stereocenters. The predicted octanol–water partition coefficient (Wildman–Crippen LogP) is 2.01. The minimum Gasteiger partial charge on any atom is -0.368 e. The molecule has 1 heterocycles. The maximum absolute atomic E-state index is 11.8. The van der Waals surface area contributed by atoms with E-state index in [1.54, 1.807) is 0 Å². The second-order valence-electron chi connectivity index (χ2n) is 5.36. The number of hydrogen-bond donors (Lipinski definition) is 2. The van der Waals surface area contributed by atoms with Crippen LogP contribution in [0.15, 0.2) is 29.2 Å². The Morgan fingerprint density at radius 3 is 2.57 bits per heavy atom. The number of nitrogens with one attached hydrogen (secondary N) is 1. The first-order valence-corrected chi connectivity index (χ1v) is 8.67. The van der Waals surface area contributed by atoms with Gasteiger partial charge in [0.25, 0.3) is 0 Å². The number of nitrogens with two attached hydrogens (primary N) is 1. The lowest BCUT2D eigenvalue weighted by molar-refractivity contribution is -0.123. The van der Waals surface area contributed by atoms with Crippen molar-refractivity contribution in [2.75, 3.05) is 31.9 Å². The molecular weight excluding hydrogens is 282 g/mol. The maximum atomic E-state index is 11.8. The number of carbonyl (C=O) groups is 1. The van der Waals surface area contributed by atoms with E-state index in [-0.39, 0.29) is 11.9 Å². The van der Waals surface area contributed by atoms with Gasteiger partial charge in [0, 0.05) is 31.1 Å². The van der Waals surface area contributed by atoms with E-state index in [2.05, 4.69) is 29.3 Å². The van der Waals surface area contributed by atoms with E-state index in [4.69, 9.17) is 5.73 Å². The Balaban J connectivity index is 2.04. The molecule has 1 fully saturated rings. The van der Waals surface area contributed by atoms with Crippen molar-refractivity contribution in [2.45, 2.75) is 30.7 Å². The average Bonchev–Trinajstić information content (AvgIpc) is 2.50. The molecule has 1 aliphatic rings. The summed E-state index contributed by atoms with van der Waals surface area (Å²) in [5.74, 6) is 0.885. The molecule has 0 spiro atoms. The molecule has 5 heteroatoms. The molecule has 0 aliphatic carbocycles. The topological polar surface area (TPSA) is 58.4 Å². The fraction of sp³-hybridized carbons (Fsp3) is 0.562. The Labute approximate surface area is 131 Å². The van der Waals surface area contributed by atoms with E-state index in [0.29, 0.717) is 0 Å². The summed E-state index contributed by atoms with van der Waals surface area (Å²) >= 11 is 1.87. The minimum atomic E-state index is -0.304. The summed E-state index contributed by atoms with van der Waals surface area (Å²) in [6.07, 6.45) is 2.45. The number of hydrogen-bond acceptors (Lipinski definition) is 4. The summed E-state index contributed by atoms with van der Waals surface area (Å²) < 4.78 is 0. The number of primary amides is 1. The van der Waals surface area contributed by atoms with Gasteiger partial charge < -0.3 is 11.1 Å². The zero-order valence-corrected chi connectivity index (χ0v) is 13.5. The Morgan fingerprint density at radius 2 is 2.00 bits per heavy atom. The maximum Gasteiger partial charge on any atom is 0.239 e. The van der Waals surface area contributed by atoms with Crippen LogP contribution in [0, 0.1) is 0 Å². The second-order valence-corrected chi connectivity index (χ2v) is 6.53. The third kappa shape index (κ3) is 4.73. The molecule has 4 nitrogen and oxygen atoms in total. The van der Waals surface area contributed by atoms with Crippen LogP contribution in [0.5, 0.6) is 0 Å². The summed E-state index contributed by atoms with van der Waals surface area (Å²) in [6.45, 7) is 5.75. The molecular formula is C16H25N3OS. The highest BCUT2D eigenvalue weighted by Gasteiger charge is 2.26. The Morgan fingerprint density at radius 1 is 1.33 bits per heavy atom. The van der Waals surface area contributed by atoms with E-state index in [1.165, 1.54) is 17.7 Å². The van der Waals surface area contributed by atoms with Crippen molar-refractivity contribution in [3.63, 3.8) is 0 Å². The molecule has 2 rings (SSSR count). The van der Waals surface area contributed by atoms with Gasteiger partial charge in [-0.3, -0.25) is 9.69 Å². The number of unbranched alkanes of at least 4 members (excludes halogenated alkanes) is 1. The number of piperazine rings is 1. The Kier molecular flexibility index (Phi) is 6.54. The van der Waals surface area contributed by atoms with Crippen LogP contribution in [0.25, 0.3) is 0 Å². The highest BCUT2D eigenvalue weighted by atomic mass is 32.2. The van der Waals surface area contributed by atoms with Crippen molar-refractivity contribution >= 4 is 17.7 Å². The first kappa shape index (κ1) is 16.3. The molecule has 1 saturated heterocycles. The van der Waals surface area contributed by atoms with Crippen molar-refractivity contribution < 1.29 is 4.79 Å². The lowest BCUT2D eigenvalue weighted by atomic mass is 10.0. The largest absolute Gasteiger partial charge is 0.368 e. The normalized spacial score (nSPS) is 17.6. The molecule has 1 aliphatic heterocycles. The first-order chi connectivity index (χ1) is 10.2. The molecule has 0 saturated carbocycles. The van der Waals surface area contributed by atoms with Crippen LogP contribution in [-0.2, 0) is 4.79 Å². The molecule has 1 atom stereocenters. The van der Waals surface area contributed by atoms with Crippen LogP contribution in [0.1, 0.15) is 31.4 Å². The van der Waals surface area contributed by atoms with Gasteiger partial charge in [-0.1, -0.05) is 25.5 Å². The quantitative estimate of drug-likeness (QED) is 0.597. The average molecular weight is 307 g/mol. The summed E-state index contributed by atoms with van der Waals surface area (Å²) in [5, 5.41) is 3.30. The van der Waals surface area contributed by atoms with E-state index in [1.807, 2.05) is 23.9 Å². The molecule has 1 aromatic carbocycles. The number of nitrogens with zero attached hydrogens (tertiary/aromatic N) is 1.